The number of anilines is 1. The summed E-state index contributed by atoms with van der Waals surface area (Å²) in [6, 6.07) is 4.32. The van der Waals surface area contributed by atoms with Gasteiger partial charge in [0.2, 0.25) is 11.8 Å². The van der Waals surface area contributed by atoms with Gasteiger partial charge in [0.05, 0.1) is 11.1 Å². The first kappa shape index (κ1) is 24.2. The van der Waals surface area contributed by atoms with Gasteiger partial charge in [-0.2, -0.15) is 0 Å². The molecule has 0 aliphatic carbocycles. The predicted molar refractivity (Wildman–Crippen MR) is 129 cm³/mol. The van der Waals surface area contributed by atoms with Gasteiger partial charge in [-0.05, 0) is 56.3 Å². The standard InChI is InChI=1S/C25H31N5O6/c31-21-4-3-20(22(32)26-21)30-23(33)18-2-1-17(15-19(18)24(30)34)28-9-6-16(7-10-28)5-8-27-11-13-29(14-12-27)25(35)36/h1-2,15-16,20H,3-14H2,(H,35,36)(H,26,31,32). The van der Waals surface area contributed by atoms with E-state index < -0.39 is 29.9 Å². The van der Waals surface area contributed by atoms with Crippen LogP contribution in [0.1, 0.15) is 52.8 Å². The third-order valence-corrected chi connectivity index (χ3v) is 7.90. The molecule has 0 bridgehead atoms. The summed E-state index contributed by atoms with van der Waals surface area (Å²) in [5, 5.41) is 11.3. The molecular formula is C25H31N5O6. The zero-order chi connectivity index (χ0) is 25.4. The lowest BCUT2D eigenvalue weighted by atomic mass is 9.92. The third-order valence-electron chi connectivity index (χ3n) is 7.90. The number of carboxylic acid groups (broad SMARTS) is 1. The van der Waals surface area contributed by atoms with Crippen LogP contribution in [-0.4, -0.2) is 101 Å². The quantitative estimate of drug-likeness (QED) is 0.576. The summed E-state index contributed by atoms with van der Waals surface area (Å²) in [6.07, 6.45) is 2.54. The van der Waals surface area contributed by atoms with E-state index in [1.807, 2.05) is 6.07 Å². The number of amides is 5. The van der Waals surface area contributed by atoms with E-state index in [1.165, 1.54) is 4.90 Å². The highest BCUT2D eigenvalue weighted by atomic mass is 16.4. The molecule has 5 amide bonds. The van der Waals surface area contributed by atoms with Crippen molar-refractivity contribution in [1.29, 1.82) is 0 Å². The number of benzene rings is 1. The van der Waals surface area contributed by atoms with E-state index in [9.17, 15) is 24.0 Å². The maximum absolute atomic E-state index is 13.1. The molecule has 4 aliphatic rings. The minimum Gasteiger partial charge on any atom is -0.465 e. The van der Waals surface area contributed by atoms with Gasteiger partial charge in [0, 0.05) is 51.4 Å². The fraction of sp³-hybridized carbons (Fsp3) is 0.560. The summed E-state index contributed by atoms with van der Waals surface area (Å²) in [7, 11) is 0. The van der Waals surface area contributed by atoms with Gasteiger partial charge in [0.1, 0.15) is 6.04 Å². The molecule has 0 aromatic heterocycles. The zero-order valence-corrected chi connectivity index (χ0v) is 20.1. The van der Waals surface area contributed by atoms with Crippen molar-refractivity contribution in [3.63, 3.8) is 0 Å². The number of piperidine rings is 2. The average molecular weight is 498 g/mol. The van der Waals surface area contributed by atoms with Gasteiger partial charge in [-0.1, -0.05) is 0 Å². The summed E-state index contributed by atoms with van der Waals surface area (Å²) in [5.74, 6) is -1.37. The van der Waals surface area contributed by atoms with Gasteiger partial charge >= 0.3 is 6.09 Å². The number of carbonyl (C=O) groups excluding carboxylic acids is 4. The lowest BCUT2D eigenvalue weighted by Gasteiger charge is -2.36. The highest BCUT2D eigenvalue weighted by molar-refractivity contribution is 6.23. The lowest BCUT2D eigenvalue weighted by Crippen LogP contribution is -2.54. The van der Waals surface area contributed by atoms with E-state index >= 15 is 0 Å². The topological polar surface area (TPSA) is 131 Å². The minimum absolute atomic E-state index is 0.0997. The Kier molecular flexibility index (Phi) is 6.65. The van der Waals surface area contributed by atoms with Gasteiger partial charge in [-0.3, -0.25) is 34.3 Å². The Bertz CT molecular complexity index is 1090. The molecule has 4 heterocycles. The molecule has 2 N–H and O–H groups in total. The molecule has 1 aromatic carbocycles. The van der Waals surface area contributed by atoms with E-state index in [2.05, 4.69) is 15.1 Å². The number of hydrogen-bond donors (Lipinski definition) is 2. The van der Waals surface area contributed by atoms with Crippen molar-refractivity contribution < 1.29 is 29.1 Å². The Morgan fingerprint density at radius 3 is 2.28 bits per heavy atom. The number of hydrogen-bond acceptors (Lipinski definition) is 7. The number of carbonyl (C=O) groups is 5. The Morgan fingerprint density at radius 1 is 0.917 bits per heavy atom. The van der Waals surface area contributed by atoms with Crippen molar-refractivity contribution in [2.45, 2.75) is 38.1 Å². The third kappa shape index (κ3) is 4.67. The second kappa shape index (κ2) is 9.88. The molecule has 0 saturated carbocycles. The average Bonchev–Trinajstić information content (AvgIpc) is 3.12. The van der Waals surface area contributed by atoms with Crippen LogP contribution in [0.5, 0.6) is 0 Å². The summed E-state index contributed by atoms with van der Waals surface area (Å²) >= 11 is 0. The van der Waals surface area contributed by atoms with Crippen LogP contribution in [-0.2, 0) is 9.59 Å². The van der Waals surface area contributed by atoms with Crippen LogP contribution < -0.4 is 10.2 Å². The summed E-state index contributed by atoms with van der Waals surface area (Å²) < 4.78 is 0. The molecule has 0 radical (unpaired) electrons. The van der Waals surface area contributed by atoms with Gasteiger partial charge in [0.15, 0.2) is 0 Å². The molecule has 4 aliphatic heterocycles. The molecule has 3 saturated heterocycles. The molecule has 11 nitrogen and oxygen atoms in total. The number of nitrogens with one attached hydrogen (secondary N) is 1. The van der Waals surface area contributed by atoms with Gasteiger partial charge in [-0.15, -0.1) is 0 Å². The van der Waals surface area contributed by atoms with Crippen LogP contribution >= 0.6 is 0 Å². The molecule has 1 atom stereocenters. The van der Waals surface area contributed by atoms with Crippen LogP contribution in [0.25, 0.3) is 0 Å². The fourth-order valence-electron chi connectivity index (χ4n) is 5.66. The maximum atomic E-state index is 13.1. The number of fused-ring (bicyclic) bond motifs is 1. The van der Waals surface area contributed by atoms with Gasteiger partial charge in [0.25, 0.3) is 11.8 Å². The van der Waals surface area contributed by atoms with E-state index in [1.54, 1.807) is 12.1 Å². The van der Waals surface area contributed by atoms with E-state index in [4.69, 9.17) is 5.11 Å². The van der Waals surface area contributed by atoms with Gasteiger partial charge < -0.3 is 14.9 Å². The Balaban J connectivity index is 1.15. The summed E-state index contributed by atoms with van der Waals surface area (Å²) in [4.78, 5) is 67.8. The highest BCUT2D eigenvalue weighted by Gasteiger charge is 2.44. The largest absolute Gasteiger partial charge is 0.465 e. The predicted octanol–water partition coefficient (Wildman–Crippen LogP) is 0.990. The molecule has 1 unspecified atom stereocenters. The number of piperazine rings is 1. The number of nitrogens with zero attached hydrogens (tertiary/aromatic N) is 4. The SMILES string of the molecule is O=C1CCC(N2C(=O)c3ccc(N4CCC(CCN5CCN(C(=O)O)CC5)CC4)cc3C2=O)C(=O)N1. The summed E-state index contributed by atoms with van der Waals surface area (Å²) in [6.45, 7) is 5.38. The van der Waals surface area contributed by atoms with Crippen LogP contribution in [0.3, 0.4) is 0 Å². The molecule has 0 spiro atoms. The van der Waals surface area contributed by atoms with Crippen molar-refractivity contribution in [2.24, 2.45) is 5.92 Å². The molecule has 36 heavy (non-hydrogen) atoms. The Morgan fingerprint density at radius 2 is 1.61 bits per heavy atom. The minimum atomic E-state index is -0.957. The highest BCUT2D eigenvalue weighted by Crippen LogP contribution is 2.32. The first-order valence-corrected chi connectivity index (χ1v) is 12.6. The lowest BCUT2D eigenvalue weighted by molar-refractivity contribution is -0.136. The van der Waals surface area contributed by atoms with Crippen molar-refractivity contribution in [2.75, 3.05) is 50.7 Å². The Hall–Kier alpha value is -3.47. The van der Waals surface area contributed by atoms with E-state index in [0.29, 0.717) is 30.1 Å². The van der Waals surface area contributed by atoms with E-state index in [-0.39, 0.29) is 18.7 Å². The normalized spacial score (nSPS) is 23.8. The van der Waals surface area contributed by atoms with Crippen molar-refractivity contribution in [3.05, 3.63) is 29.3 Å². The first-order valence-electron chi connectivity index (χ1n) is 12.6. The van der Waals surface area contributed by atoms with Crippen molar-refractivity contribution in [1.82, 2.24) is 20.0 Å². The molecule has 3 fully saturated rings. The first-order chi connectivity index (χ1) is 17.3. The van der Waals surface area contributed by atoms with Crippen LogP contribution in [0.2, 0.25) is 0 Å². The van der Waals surface area contributed by atoms with Crippen LogP contribution in [0.4, 0.5) is 10.5 Å². The number of imide groups is 2. The fourth-order valence-corrected chi connectivity index (χ4v) is 5.66. The second-order valence-electron chi connectivity index (χ2n) is 10.0. The van der Waals surface area contributed by atoms with Crippen molar-refractivity contribution >= 4 is 35.4 Å². The molecule has 192 valence electrons. The smallest absolute Gasteiger partial charge is 0.407 e. The monoisotopic (exact) mass is 497 g/mol. The molecular weight excluding hydrogens is 466 g/mol. The zero-order valence-electron chi connectivity index (χ0n) is 20.1. The Labute approximate surface area is 209 Å². The van der Waals surface area contributed by atoms with Crippen LogP contribution in [0.15, 0.2) is 18.2 Å². The molecule has 1 aromatic rings. The van der Waals surface area contributed by atoms with E-state index in [0.717, 1.165) is 62.6 Å². The van der Waals surface area contributed by atoms with Crippen LogP contribution in [0, 0.1) is 5.92 Å². The molecule has 11 heteroatoms. The number of rotatable bonds is 5. The van der Waals surface area contributed by atoms with Gasteiger partial charge in [-0.25, -0.2) is 4.79 Å². The summed E-state index contributed by atoms with van der Waals surface area (Å²) in [5.41, 5.74) is 1.50. The maximum Gasteiger partial charge on any atom is 0.407 e. The second-order valence-corrected chi connectivity index (χ2v) is 10.0. The molecule has 5 rings (SSSR count). The van der Waals surface area contributed by atoms with Crippen molar-refractivity contribution in [3.8, 4) is 0 Å².